The molecule has 3 heteroatoms. The highest BCUT2D eigenvalue weighted by molar-refractivity contribution is 6.56. The van der Waals surface area contributed by atoms with Gasteiger partial charge in [-0.15, -0.1) is 0 Å². The van der Waals surface area contributed by atoms with Crippen molar-refractivity contribution >= 4 is 45.3 Å². The van der Waals surface area contributed by atoms with E-state index >= 15 is 0 Å². The second-order valence-corrected chi connectivity index (χ2v) is 6.78. The zero-order valence-corrected chi connectivity index (χ0v) is 14.7. The Labute approximate surface area is 157 Å². The molecule has 0 aliphatic carbocycles. The van der Waals surface area contributed by atoms with E-state index in [9.17, 15) is 0 Å². The molecule has 5 aromatic rings. The summed E-state index contributed by atoms with van der Waals surface area (Å²) in [5.74, 6) is 0. The molecule has 0 fully saturated rings. The molecule has 2 nitrogen and oxygen atoms in total. The predicted molar refractivity (Wildman–Crippen MR) is 115 cm³/mol. The molecule has 0 aliphatic rings. The molecule has 0 heterocycles. The van der Waals surface area contributed by atoms with Crippen LogP contribution >= 0.6 is 0 Å². The standard InChI is InChI=1S/C24H17BO2/c26-27-25-24-21-11-5-3-9-19(21)23(20-10-4-6-12-22(20)24)18-14-13-16-7-1-2-8-17(16)15-18/h1-15,25-26H. The zero-order chi connectivity index (χ0) is 18.2. The lowest BCUT2D eigenvalue weighted by Crippen LogP contribution is -2.19. The van der Waals surface area contributed by atoms with E-state index in [1.54, 1.807) is 0 Å². The smallest absolute Gasteiger partial charge is 0.306 e. The summed E-state index contributed by atoms with van der Waals surface area (Å²) in [6.07, 6.45) is 0. The summed E-state index contributed by atoms with van der Waals surface area (Å²) in [6.45, 7) is 0. The van der Waals surface area contributed by atoms with Crippen LogP contribution in [0, 0.1) is 0 Å². The highest BCUT2D eigenvalue weighted by Crippen LogP contribution is 2.36. The van der Waals surface area contributed by atoms with Crippen molar-refractivity contribution < 1.29 is 10.1 Å². The topological polar surface area (TPSA) is 29.5 Å². The van der Waals surface area contributed by atoms with Crippen LogP contribution in [0.3, 0.4) is 0 Å². The average molecular weight is 348 g/mol. The molecule has 5 aromatic carbocycles. The van der Waals surface area contributed by atoms with Gasteiger partial charge in [0.05, 0.1) is 0 Å². The van der Waals surface area contributed by atoms with E-state index < -0.39 is 0 Å². The van der Waals surface area contributed by atoms with Gasteiger partial charge in [0, 0.05) is 0 Å². The lowest BCUT2D eigenvalue weighted by Gasteiger charge is -2.16. The normalized spacial score (nSPS) is 11.3. The molecule has 0 unspecified atom stereocenters. The number of rotatable bonds is 3. The summed E-state index contributed by atoms with van der Waals surface area (Å²) < 4.78 is 0. The fourth-order valence-electron chi connectivity index (χ4n) is 4.09. The van der Waals surface area contributed by atoms with E-state index in [1.165, 1.54) is 32.7 Å². The molecule has 0 amide bonds. The number of hydrogen-bond acceptors (Lipinski definition) is 2. The molecular formula is C24H17BO2. The van der Waals surface area contributed by atoms with Gasteiger partial charge in [0.25, 0.3) is 0 Å². The number of fused-ring (bicyclic) bond motifs is 3. The lowest BCUT2D eigenvalue weighted by atomic mass is 9.77. The first-order chi connectivity index (χ1) is 13.4. The first-order valence-electron chi connectivity index (χ1n) is 9.04. The fourth-order valence-corrected chi connectivity index (χ4v) is 4.09. The van der Waals surface area contributed by atoms with Crippen molar-refractivity contribution in [3.63, 3.8) is 0 Å². The van der Waals surface area contributed by atoms with Crippen molar-refractivity contribution in [1.29, 1.82) is 0 Å². The van der Waals surface area contributed by atoms with Gasteiger partial charge in [-0.1, -0.05) is 84.9 Å². The average Bonchev–Trinajstić information content (AvgIpc) is 2.73. The summed E-state index contributed by atoms with van der Waals surface area (Å²) in [5.41, 5.74) is 3.42. The Morgan fingerprint density at radius 1 is 0.593 bits per heavy atom. The van der Waals surface area contributed by atoms with Gasteiger partial charge in [-0.25, -0.2) is 0 Å². The largest absolute Gasteiger partial charge is 0.356 e. The molecule has 0 atom stereocenters. The van der Waals surface area contributed by atoms with Crippen LogP contribution in [-0.2, 0) is 4.81 Å². The molecule has 0 spiro atoms. The van der Waals surface area contributed by atoms with E-state index in [0.29, 0.717) is 0 Å². The molecule has 0 aliphatic heterocycles. The Morgan fingerprint density at radius 2 is 1.15 bits per heavy atom. The van der Waals surface area contributed by atoms with Crippen molar-refractivity contribution in [2.45, 2.75) is 0 Å². The van der Waals surface area contributed by atoms with Crippen LogP contribution in [0.1, 0.15) is 0 Å². The van der Waals surface area contributed by atoms with E-state index in [1.807, 2.05) is 12.1 Å². The summed E-state index contributed by atoms with van der Waals surface area (Å²) in [6, 6.07) is 31.7. The van der Waals surface area contributed by atoms with Gasteiger partial charge in [0.1, 0.15) is 0 Å². The third kappa shape index (κ3) is 2.60. The first kappa shape index (κ1) is 16.1. The fraction of sp³-hybridized carbons (Fsp3) is 0. The number of benzene rings is 5. The maximum Gasteiger partial charge on any atom is 0.356 e. The van der Waals surface area contributed by atoms with Crippen molar-refractivity contribution in [2.75, 3.05) is 0 Å². The molecule has 0 radical (unpaired) electrons. The minimum Gasteiger partial charge on any atom is -0.306 e. The molecule has 0 saturated heterocycles. The van der Waals surface area contributed by atoms with Crippen molar-refractivity contribution in [3.8, 4) is 11.1 Å². The Morgan fingerprint density at radius 3 is 1.78 bits per heavy atom. The van der Waals surface area contributed by atoms with Gasteiger partial charge < -0.3 is 4.81 Å². The Balaban J connectivity index is 1.94. The van der Waals surface area contributed by atoms with Crippen LogP contribution in [0.25, 0.3) is 43.4 Å². The highest BCUT2D eigenvalue weighted by Gasteiger charge is 2.16. The highest BCUT2D eigenvalue weighted by atomic mass is 17.1. The SMILES string of the molecule is OOBc1c2ccccc2c(-c2ccc3ccccc3c2)c2ccccc12. The Kier molecular flexibility index (Phi) is 3.90. The molecule has 128 valence electrons. The quantitative estimate of drug-likeness (QED) is 0.208. The van der Waals surface area contributed by atoms with E-state index in [4.69, 9.17) is 5.26 Å². The second kappa shape index (κ2) is 6.55. The van der Waals surface area contributed by atoms with Crippen LogP contribution in [-0.4, -0.2) is 12.7 Å². The van der Waals surface area contributed by atoms with Gasteiger partial charge in [-0.2, -0.15) is 0 Å². The summed E-state index contributed by atoms with van der Waals surface area (Å²) in [5, 5.41) is 16.1. The zero-order valence-electron chi connectivity index (χ0n) is 14.7. The van der Waals surface area contributed by atoms with Crippen molar-refractivity contribution in [3.05, 3.63) is 91.0 Å². The maximum atomic E-state index is 9.14. The van der Waals surface area contributed by atoms with Gasteiger partial charge in [-0.3, -0.25) is 5.26 Å². The lowest BCUT2D eigenvalue weighted by molar-refractivity contribution is -0.135. The van der Waals surface area contributed by atoms with Gasteiger partial charge >= 0.3 is 7.48 Å². The van der Waals surface area contributed by atoms with E-state index in [0.717, 1.165) is 16.2 Å². The first-order valence-corrected chi connectivity index (χ1v) is 9.04. The molecule has 27 heavy (non-hydrogen) atoms. The minimum atomic E-state index is 0.166. The summed E-state index contributed by atoms with van der Waals surface area (Å²) in [4.78, 5) is 4.55. The van der Waals surface area contributed by atoms with E-state index in [-0.39, 0.29) is 7.48 Å². The minimum absolute atomic E-state index is 0.166. The van der Waals surface area contributed by atoms with E-state index in [2.05, 4.69) is 83.7 Å². The van der Waals surface area contributed by atoms with Gasteiger partial charge in [0.15, 0.2) is 0 Å². The van der Waals surface area contributed by atoms with Gasteiger partial charge in [0.2, 0.25) is 0 Å². The monoisotopic (exact) mass is 348 g/mol. The molecule has 0 aromatic heterocycles. The third-order valence-corrected chi connectivity index (χ3v) is 5.29. The maximum absolute atomic E-state index is 9.14. The summed E-state index contributed by atoms with van der Waals surface area (Å²) in [7, 11) is 0.166. The predicted octanol–water partition coefficient (Wildman–Crippen LogP) is 5.28. The summed E-state index contributed by atoms with van der Waals surface area (Å²) >= 11 is 0. The van der Waals surface area contributed by atoms with Crippen LogP contribution in [0.15, 0.2) is 91.0 Å². The second-order valence-electron chi connectivity index (χ2n) is 6.78. The Bertz CT molecular complexity index is 1240. The molecule has 0 saturated carbocycles. The van der Waals surface area contributed by atoms with Gasteiger partial charge in [-0.05, 0) is 55.0 Å². The number of hydrogen-bond donors (Lipinski definition) is 1. The van der Waals surface area contributed by atoms with Crippen molar-refractivity contribution in [2.24, 2.45) is 0 Å². The van der Waals surface area contributed by atoms with Crippen molar-refractivity contribution in [1.82, 2.24) is 0 Å². The third-order valence-electron chi connectivity index (χ3n) is 5.29. The van der Waals surface area contributed by atoms with Crippen LogP contribution in [0.4, 0.5) is 0 Å². The molecule has 5 rings (SSSR count). The van der Waals surface area contributed by atoms with Crippen LogP contribution in [0.5, 0.6) is 0 Å². The molecule has 1 N–H and O–H groups in total. The molecular weight excluding hydrogens is 331 g/mol. The molecule has 0 bridgehead atoms. The van der Waals surface area contributed by atoms with Crippen LogP contribution < -0.4 is 5.46 Å². The Hall–Kier alpha value is -3.14. The van der Waals surface area contributed by atoms with Crippen LogP contribution in [0.2, 0.25) is 0 Å².